The molecule has 0 N–H and O–H groups in total. The van der Waals surface area contributed by atoms with E-state index in [1.54, 1.807) is 37.3 Å². The summed E-state index contributed by atoms with van der Waals surface area (Å²) in [5.74, 6) is 2.37. The molecule has 0 aliphatic carbocycles. The quantitative estimate of drug-likeness (QED) is 0.492. The van der Waals surface area contributed by atoms with Gasteiger partial charge in [-0.1, -0.05) is 24.3 Å². The van der Waals surface area contributed by atoms with Crippen molar-refractivity contribution in [1.82, 2.24) is 4.90 Å². The van der Waals surface area contributed by atoms with E-state index in [-0.39, 0.29) is 12.0 Å². The van der Waals surface area contributed by atoms with Crippen molar-refractivity contribution >= 4 is 5.91 Å². The number of aryl methyl sites for hydroxylation is 1. The van der Waals surface area contributed by atoms with Gasteiger partial charge in [0, 0.05) is 24.6 Å². The maximum atomic E-state index is 13.6. The number of hydrogen-bond donors (Lipinski definition) is 0. The molecular formula is C29H31NO6. The van der Waals surface area contributed by atoms with Gasteiger partial charge in [0.1, 0.15) is 24.2 Å². The predicted octanol–water partition coefficient (Wildman–Crippen LogP) is 4.88. The average Bonchev–Trinajstić information content (AvgIpc) is 3.31. The van der Waals surface area contributed by atoms with Crippen LogP contribution < -0.4 is 18.9 Å². The Labute approximate surface area is 211 Å². The highest BCUT2D eigenvalue weighted by Gasteiger charge is 2.28. The van der Waals surface area contributed by atoms with Crippen LogP contribution in [0.5, 0.6) is 23.0 Å². The van der Waals surface area contributed by atoms with Gasteiger partial charge in [-0.2, -0.15) is 0 Å². The van der Waals surface area contributed by atoms with E-state index in [0.29, 0.717) is 61.5 Å². The van der Waals surface area contributed by atoms with Crippen molar-refractivity contribution in [3.63, 3.8) is 0 Å². The number of methoxy groups -OCH3 is 2. The van der Waals surface area contributed by atoms with Crippen LogP contribution in [0.2, 0.25) is 0 Å². The minimum atomic E-state index is -0.126. The lowest BCUT2D eigenvalue weighted by Gasteiger charge is -2.22. The van der Waals surface area contributed by atoms with Gasteiger partial charge in [0.05, 0.1) is 39.5 Å². The zero-order chi connectivity index (χ0) is 25.1. The second kappa shape index (κ2) is 10.5. The van der Waals surface area contributed by atoms with Crippen LogP contribution in [-0.4, -0.2) is 57.5 Å². The second-order valence-corrected chi connectivity index (χ2v) is 9.02. The van der Waals surface area contributed by atoms with Crippen molar-refractivity contribution in [3.05, 3.63) is 71.3 Å². The van der Waals surface area contributed by atoms with E-state index in [1.165, 1.54) is 0 Å². The van der Waals surface area contributed by atoms with Gasteiger partial charge in [-0.3, -0.25) is 4.79 Å². The fraction of sp³-hybridized carbons (Fsp3) is 0.345. The van der Waals surface area contributed by atoms with Crippen LogP contribution in [0.1, 0.15) is 27.9 Å². The first kappa shape index (κ1) is 24.0. The lowest BCUT2D eigenvalue weighted by molar-refractivity contribution is 0.0729. The lowest BCUT2D eigenvalue weighted by Crippen LogP contribution is -2.32. The van der Waals surface area contributed by atoms with Crippen LogP contribution in [-0.2, 0) is 11.3 Å². The number of nitrogens with zero attached hydrogens (tertiary/aromatic N) is 1. The SMILES string of the molecule is COc1ccc(C(=O)N2CCOc3c(cc(-c4ccccc4C)cc3O[C@@H]3CCOC3)C2)c(OC)c1. The van der Waals surface area contributed by atoms with Gasteiger partial charge in [-0.05, 0) is 47.9 Å². The van der Waals surface area contributed by atoms with E-state index in [4.69, 9.17) is 23.7 Å². The molecule has 0 radical (unpaired) electrons. The van der Waals surface area contributed by atoms with Crippen LogP contribution in [0.15, 0.2) is 54.6 Å². The fourth-order valence-electron chi connectivity index (χ4n) is 4.73. The Hall–Kier alpha value is -3.71. The molecule has 7 nitrogen and oxygen atoms in total. The Morgan fingerprint density at radius 2 is 1.86 bits per heavy atom. The van der Waals surface area contributed by atoms with E-state index >= 15 is 0 Å². The van der Waals surface area contributed by atoms with Crippen LogP contribution >= 0.6 is 0 Å². The minimum Gasteiger partial charge on any atom is -0.497 e. The largest absolute Gasteiger partial charge is 0.497 e. The summed E-state index contributed by atoms with van der Waals surface area (Å²) in [5, 5.41) is 0. The Bertz CT molecular complexity index is 1250. The zero-order valence-corrected chi connectivity index (χ0v) is 20.9. The molecule has 0 aromatic heterocycles. The second-order valence-electron chi connectivity index (χ2n) is 9.02. The molecule has 1 amide bonds. The molecule has 2 heterocycles. The third-order valence-corrected chi connectivity index (χ3v) is 6.66. The van der Waals surface area contributed by atoms with Gasteiger partial charge >= 0.3 is 0 Å². The first-order valence-corrected chi connectivity index (χ1v) is 12.2. The monoisotopic (exact) mass is 489 g/mol. The summed E-state index contributed by atoms with van der Waals surface area (Å²) in [6.45, 7) is 4.53. The molecule has 1 atom stereocenters. The Balaban J connectivity index is 1.52. The van der Waals surface area contributed by atoms with Gasteiger partial charge in [0.2, 0.25) is 0 Å². The molecular weight excluding hydrogens is 458 g/mol. The van der Waals surface area contributed by atoms with Gasteiger partial charge in [0.15, 0.2) is 11.5 Å². The maximum Gasteiger partial charge on any atom is 0.258 e. The summed E-state index contributed by atoms with van der Waals surface area (Å²) in [6.07, 6.45) is 0.819. The molecule has 3 aromatic rings. The highest BCUT2D eigenvalue weighted by molar-refractivity contribution is 5.97. The smallest absolute Gasteiger partial charge is 0.258 e. The molecule has 7 heteroatoms. The third-order valence-electron chi connectivity index (χ3n) is 6.66. The van der Waals surface area contributed by atoms with E-state index in [0.717, 1.165) is 28.7 Å². The van der Waals surface area contributed by atoms with Crippen molar-refractivity contribution in [1.29, 1.82) is 0 Å². The number of carbonyl (C=O) groups is 1. The van der Waals surface area contributed by atoms with E-state index in [2.05, 4.69) is 25.1 Å². The van der Waals surface area contributed by atoms with Crippen LogP contribution in [0.4, 0.5) is 0 Å². The third kappa shape index (κ3) is 4.84. The summed E-state index contributed by atoms with van der Waals surface area (Å²) >= 11 is 0. The first-order chi connectivity index (χ1) is 17.6. The molecule has 1 saturated heterocycles. The number of fused-ring (bicyclic) bond motifs is 1. The molecule has 0 unspecified atom stereocenters. The van der Waals surface area contributed by atoms with Crippen molar-refractivity contribution in [2.75, 3.05) is 40.6 Å². The van der Waals surface area contributed by atoms with E-state index in [9.17, 15) is 4.79 Å². The highest BCUT2D eigenvalue weighted by atomic mass is 16.6. The van der Waals surface area contributed by atoms with Crippen molar-refractivity contribution in [3.8, 4) is 34.1 Å². The molecule has 1 fully saturated rings. The predicted molar refractivity (Wildman–Crippen MR) is 136 cm³/mol. The number of amides is 1. The molecule has 3 aromatic carbocycles. The minimum absolute atomic E-state index is 0.0191. The van der Waals surface area contributed by atoms with E-state index < -0.39 is 0 Å². The van der Waals surface area contributed by atoms with Crippen LogP contribution in [0.3, 0.4) is 0 Å². The zero-order valence-electron chi connectivity index (χ0n) is 20.9. The standard InChI is InChI=1S/C29H31NO6/c1-19-6-4-5-7-24(19)20-14-21-17-30(29(31)25-9-8-22(32-2)16-26(25)33-3)11-13-35-28(21)27(15-20)36-23-10-12-34-18-23/h4-9,14-16,23H,10-13,17-18H2,1-3H3/t23-/m1/s1. The topological polar surface area (TPSA) is 66.5 Å². The molecule has 36 heavy (non-hydrogen) atoms. The van der Waals surface area contributed by atoms with Gasteiger partial charge in [0.25, 0.3) is 5.91 Å². The fourth-order valence-corrected chi connectivity index (χ4v) is 4.73. The highest BCUT2D eigenvalue weighted by Crippen LogP contribution is 2.40. The van der Waals surface area contributed by atoms with Gasteiger partial charge in [-0.25, -0.2) is 0 Å². The summed E-state index contributed by atoms with van der Waals surface area (Å²) in [5.41, 5.74) is 4.70. The summed E-state index contributed by atoms with van der Waals surface area (Å²) in [6, 6.07) is 17.6. The Morgan fingerprint density at radius 3 is 2.61 bits per heavy atom. The summed E-state index contributed by atoms with van der Waals surface area (Å²) < 4.78 is 28.9. The molecule has 0 saturated carbocycles. The summed E-state index contributed by atoms with van der Waals surface area (Å²) in [4.78, 5) is 15.4. The van der Waals surface area contributed by atoms with Gasteiger partial charge < -0.3 is 28.6 Å². The molecule has 2 aliphatic heterocycles. The first-order valence-electron chi connectivity index (χ1n) is 12.2. The average molecular weight is 490 g/mol. The van der Waals surface area contributed by atoms with Crippen molar-refractivity contribution < 1.29 is 28.5 Å². The number of rotatable bonds is 6. The Kier molecular flexibility index (Phi) is 7.00. The maximum absolute atomic E-state index is 13.6. The molecule has 0 spiro atoms. The summed E-state index contributed by atoms with van der Waals surface area (Å²) in [7, 11) is 3.14. The van der Waals surface area contributed by atoms with Crippen LogP contribution in [0, 0.1) is 6.92 Å². The molecule has 2 aliphatic rings. The molecule has 5 rings (SSSR count). The van der Waals surface area contributed by atoms with E-state index in [1.807, 2.05) is 18.2 Å². The van der Waals surface area contributed by atoms with Gasteiger partial charge in [-0.15, -0.1) is 0 Å². The van der Waals surface area contributed by atoms with Crippen molar-refractivity contribution in [2.45, 2.75) is 26.0 Å². The van der Waals surface area contributed by atoms with Crippen LogP contribution in [0.25, 0.3) is 11.1 Å². The molecule has 0 bridgehead atoms. The Morgan fingerprint density at radius 1 is 1.00 bits per heavy atom. The van der Waals surface area contributed by atoms with Crippen molar-refractivity contribution in [2.24, 2.45) is 0 Å². The number of hydrogen-bond acceptors (Lipinski definition) is 6. The molecule has 188 valence electrons. The normalized spacial score (nSPS) is 17.1. The lowest BCUT2D eigenvalue weighted by atomic mass is 9.97. The number of carbonyl (C=O) groups excluding carboxylic acids is 1. The number of ether oxygens (including phenoxy) is 5. The number of benzene rings is 3.